The van der Waals surface area contributed by atoms with Crippen LogP contribution in [0.5, 0.6) is 0 Å². The van der Waals surface area contributed by atoms with Crippen LogP contribution in [0.1, 0.15) is 49.9 Å². The van der Waals surface area contributed by atoms with Crippen LogP contribution in [0.15, 0.2) is 400 Å². The van der Waals surface area contributed by atoms with Crippen LogP contribution in [0.4, 0.5) is 51.6 Å². The van der Waals surface area contributed by atoms with E-state index in [1.807, 2.05) is 86.3 Å². The number of aromatic nitrogens is 6. The molecule has 0 radical (unpaired) electrons. The number of fused-ring (bicyclic) bond motifs is 24. The molecular weight excluding hydrogens is 1520 g/mol. The third kappa shape index (κ3) is 11.2. The zero-order chi connectivity index (χ0) is 82.2. The van der Waals surface area contributed by atoms with Gasteiger partial charge in [-0.15, -0.1) is 15.3 Å². The van der Waals surface area contributed by atoms with E-state index in [-0.39, 0.29) is 10.8 Å². The lowest BCUT2D eigenvalue weighted by Gasteiger charge is -2.25. The lowest BCUT2D eigenvalue weighted by Crippen LogP contribution is -2.15. The van der Waals surface area contributed by atoms with Gasteiger partial charge in [0.2, 0.25) is 0 Å². The van der Waals surface area contributed by atoms with E-state index in [4.69, 9.17) is 33.0 Å². The van der Waals surface area contributed by atoms with Gasteiger partial charge in [0.25, 0.3) is 0 Å². The van der Waals surface area contributed by atoms with Gasteiger partial charge >= 0.3 is 0 Å². The minimum Gasteiger partial charge on any atom is -0.456 e. The highest BCUT2D eigenvalue weighted by Gasteiger charge is 2.38. The number of para-hydroxylation sites is 5. The van der Waals surface area contributed by atoms with Crippen molar-refractivity contribution in [3.8, 4) is 22.3 Å². The van der Waals surface area contributed by atoms with Crippen molar-refractivity contribution in [2.45, 2.75) is 38.5 Å². The first kappa shape index (κ1) is 70.7. The average Bonchev–Trinajstić information content (AvgIpc) is 1.57. The molecule has 10 heterocycles. The van der Waals surface area contributed by atoms with Gasteiger partial charge in [0, 0.05) is 135 Å². The fourth-order valence-corrected chi connectivity index (χ4v) is 19.7. The second-order valence-corrected chi connectivity index (χ2v) is 33.7. The number of rotatable bonds is 9. The van der Waals surface area contributed by atoms with E-state index < -0.39 is 0 Å². The highest BCUT2D eigenvalue weighted by Crippen LogP contribution is 2.54. The highest BCUT2D eigenvalue weighted by molar-refractivity contribution is 6.12. The van der Waals surface area contributed by atoms with Gasteiger partial charge in [-0.3, -0.25) is 14.7 Å². The van der Waals surface area contributed by atoms with E-state index in [0.29, 0.717) is 0 Å². The van der Waals surface area contributed by atoms with Crippen LogP contribution in [-0.2, 0) is 10.8 Å². The number of hydrogen-bond donors (Lipinski definition) is 0. The van der Waals surface area contributed by atoms with Crippen molar-refractivity contribution in [3.63, 3.8) is 0 Å². The fourth-order valence-electron chi connectivity index (χ4n) is 19.7. The van der Waals surface area contributed by atoms with Crippen molar-refractivity contribution in [2.75, 3.05) is 14.7 Å². The number of pyridine rings is 3. The van der Waals surface area contributed by atoms with Crippen LogP contribution >= 0.6 is 0 Å². The van der Waals surface area contributed by atoms with Crippen molar-refractivity contribution >= 4 is 188 Å². The van der Waals surface area contributed by atoms with Crippen molar-refractivity contribution in [1.82, 2.24) is 28.8 Å². The summed E-state index contributed by atoms with van der Waals surface area (Å²) in [6, 6.07) is 128. The van der Waals surface area contributed by atoms with Crippen LogP contribution < -0.4 is 14.7 Å². The summed E-state index contributed by atoms with van der Waals surface area (Å²) in [4.78, 5) is 6.73. The third-order valence-electron chi connectivity index (χ3n) is 25.8. The average molecular weight is 1600 g/mol. The van der Waals surface area contributed by atoms with Crippen molar-refractivity contribution in [1.29, 1.82) is 0 Å². The molecule has 0 saturated carbocycles. The summed E-state index contributed by atoms with van der Waals surface area (Å²) in [5, 5.41) is 31.1. The highest BCUT2D eigenvalue weighted by atomic mass is 16.3. The molecule has 588 valence electrons. The summed E-state index contributed by atoms with van der Waals surface area (Å²) in [5.74, 6) is 2.53. The summed E-state index contributed by atoms with van der Waals surface area (Å²) in [6.07, 6.45) is 6.31. The summed E-state index contributed by atoms with van der Waals surface area (Å²) >= 11 is 0. The standard InChI is InChI=1S/2C38H27N3O.C35H21N3O2/c1-38(2)32-15-7-5-12-28(32)31-21-26(18-19-33(31)38)41(34-16-9-14-30-29-13-6-8-17-35(29)42-37(30)34)36-22-27-20-24-10-3-4-11-25(24)23-40(27)39-36;1-38(2)33-13-7-5-11-29(33)31-20-26(15-17-34(31)38)41(27-16-18-36-32(21-27)30-12-6-8-14-35(30)42-36)37-22-28-19-24-9-3-4-10-25(24)23-40(28)39-37;1-2-8-23-21-37-26(17-22(23)7-1)20-35(36-37)38(24-13-15-33-29(18-24)27-9-3-5-11-31(27)39-33)25-14-16-34-30(19-25)28-10-4-6-12-32(28)40-34/h2*3-23H,1-2H3;1-21H. The Morgan fingerprint density at radius 1 is 0.226 bits per heavy atom. The summed E-state index contributed by atoms with van der Waals surface area (Å²) < 4.78 is 30.9. The van der Waals surface area contributed by atoms with Gasteiger partial charge in [-0.2, -0.15) is 0 Å². The number of benzene rings is 15. The topological polar surface area (TPSA) is 114 Å². The molecule has 2 aliphatic carbocycles. The van der Waals surface area contributed by atoms with E-state index in [9.17, 15) is 0 Å². The predicted octanol–water partition coefficient (Wildman–Crippen LogP) is 30.1. The van der Waals surface area contributed by atoms with E-state index in [0.717, 1.165) is 172 Å². The lowest BCUT2D eigenvalue weighted by atomic mass is 9.82. The lowest BCUT2D eigenvalue weighted by molar-refractivity contribution is 0.660. The number of anilines is 9. The first-order valence-electron chi connectivity index (χ1n) is 42.1. The molecule has 0 atom stereocenters. The van der Waals surface area contributed by atoms with E-state index in [2.05, 4.69) is 352 Å². The molecule has 0 spiro atoms. The molecule has 10 aromatic heterocycles. The van der Waals surface area contributed by atoms with Crippen LogP contribution in [0.25, 0.3) is 159 Å². The fraction of sp³-hybridized carbons (Fsp3) is 0.0541. The van der Waals surface area contributed by atoms with Crippen molar-refractivity contribution in [2.24, 2.45) is 0 Å². The largest absolute Gasteiger partial charge is 0.456 e. The van der Waals surface area contributed by atoms with Gasteiger partial charge in [-0.05, 0) is 188 Å². The molecule has 124 heavy (non-hydrogen) atoms. The Morgan fingerprint density at radius 3 is 0.935 bits per heavy atom. The molecule has 13 nitrogen and oxygen atoms in total. The Labute approximate surface area is 710 Å². The summed E-state index contributed by atoms with van der Waals surface area (Å²) in [6.45, 7) is 9.27. The van der Waals surface area contributed by atoms with Crippen LogP contribution in [-0.4, -0.2) is 28.8 Å². The zero-order valence-electron chi connectivity index (χ0n) is 68.0. The van der Waals surface area contributed by atoms with Gasteiger partial charge in [0.1, 0.15) is 39.1 Å². The Kier molecular flexibility index (Phi) is 15.5. The SMILES string of the molecule is CC1(C)c2ccccc2-c2cc(N(c3cc4cc5ccccc5cn4n3)c3cccc4c3oc3ccccc34)ccc21.CC1(C)c2ccccc2-c2cc(N(c3ccc4oc5ccccc5c4c3)c3cc4cc5ccccc5cn4n3)ccc21.c1ccc2cn3nc(N(c4ccc5oc6ccccc6c5c4)c4ccc5oc6ccccc6c5c4)cc3cc2c1. The maximum atomic E-state index is 6.55. The number of furan rings is 4. The molecule has 0 aliphatic heterocycles. The molecule has 0 amide bonds. The van der Waals surface area contributed by atoms with Crippen molar-refractivity contribution in [3.05, 3.63) is 405 Å². The Hall–Kier alpha value is -16.3. The molecule has 15 aromatic carbocycles. The van der Waals surface area contributed by atoms with E-state index >= 15 is 0 Å². The first-order chi connectivity index (χ1) is 60.9. The smallest absolute Gasteiger partial charge is 0.160 e. The predicted molar refractivity (Wildman–Crippen MR) is 506 cm³/mol. The molecule has 0 fully saturated rings. The monoisotopic (exact) mass is 1600 g/mol. The molecule has 27 rings (SSSR count). The van der Waals surface area contributed by atoms with Crippen molar-refractivity contribution < 1.29 is 17.7 Å². The van der Waals surface area contributed by atoms with Crippen LogP contribution in [0.2, 0.25) is 0 Å². The normalized spacial score (nSPS) is 13.1. The summed E-state index contributed by atoms with van der Waals surface area (Å²) in [5.41, 5.74) is 26.7. The van der Waals surface area contributed by atoms with Gasteiger partial charge < -0.3 is 17.7 Å². The van der Waals surface area contributed by atoms with Gasteiger partial charge in [0.15, 0.2) is 23.0 Å². The molecule has 13 heteroatoms. The summed E-state index contributed by atoms with van der Waals surface area (Å²) in [7, 11) is 0. The molecule has 0 saturated heterocycles. The Morgan fingerprint density at radius 2 is 0.524 bits per heavy atom. The molecule has 25 aromatic rings. The van der Waals surface area contributed by atoms with E-state index in [1.54, 1.807) is 0 Å². The third-order valence-corrected chi connectivity index (χ3v) is 25.8. The maximum absolute atomic E-state index is 6.55. The first-order valence-corrected chi connectivity index (χ1v) is 42.1. The number of hydrogen-bond acceptors (Lipinski definition) is 10. The molecular formula is C111H75N9O4. The minimum absolute atomic E-state index is 0.0485. The Bertz CT molecular complexity index is 8440. The van der Waals surface area contributed by atoms with E-state index in [1.165, 1.54) is 60.7 Å². The quantitative estimate of drug-likeness (QED) is 0.138. The van der Waals surface area contributed by atoms with Gasteiger partial charge in [0.05, 0.1) is 22.2 Å². The maximum Gasteiger partial charge on any atom is 0.160 e. The molecule has 0 bridgehead atoms. The van der Waals surface area contributed by atoms with Gasteiger partial charge in [-0.25, -0.2) is 13.5 Å². The van der Waals surface area contributed by atoms with Gasteiger partial charge in [-0.1, -0.05) is 246 Å². The second-order valence-electron chi connectivity index (χ2n) is 33.7. The number of nitrogens with zero attached hydrogens (tertiary/aromatic N) is 9. The Balaban J connectivity index is 0.000000102. The van der Waals surface area contributed by atoms with Crippen LogP contribution in [0.3, 0.4) is 0 Å². The molecule has 0 N–H and O–H groups in total. The minimum atomic E-state index is -0.0583. The second kappa shape index (κ2) is 27.1. The van der Waals surface area contributed by atoms with Crippen LogP contribution in [0, 0.1) is 0 Å². The molecule has 2 aliphatic rings. The molecule has 0 unspecified atom stereocenters. The zero-order valence-corrected chi connectivity index (χ0v) is 68.0.